The number of hydrogen-bond donors (Lipinski definition) is 1. The van der Waals surface area contributed by atoms with Gasteiger partial charge < -0.3 is 19.4 Å². The van der Waals surface area contributed by atoms with Crippen molar-refractivity contribution in [3.63, 3.8) is 0 Å². The van der Waals surface area contributed by atoms with Gasteiger partial charge in [-0.05, 0) is 70.6 Å². The summed E-state index contributed by atoms with van der Waals surface area (Å²) in [5.74, 6) is 0. The fraction of sp³-hybridized carbons (Fsp3) is 0.458. The Morgan fingerprint density at radius 3 is 2.17 bits per heavy atom. The second-order valence-electron chi connectivity index (χ2n) is 9.73. The molecule has 0 unspecified atom stereocenters. The molecule has 2 aromatic carbocycles. The van der Waals surface area contributed by atoms with E-state index in [1.165, 1.54) is 0 Å². The van der Waals surface area contributed by atoms with Gasteiger partial charge in [0.2, 0.25) is 0 Å². The highest BCUT2D eigenvalue weighted by atomic mass is 16.7. The maximum absolute atomic E-state index is 12.1. The summed E-state index contributed by atoms with van der Waals surface area (Å²) in [6.07, 6.45) is -0.434. The molecule has 1 aliphatic heterocycles. The predicted molar refractivity (Wildman–Crippen MR) is 121 cm³/mol. The maximum Gasteiger partial charge on any atom is 0.494 e. The molecular weight excluding hydrogens is 377 g/mol. The molecule has 1 amide bonds. The highest BCUT2D eigenvalue weighted by molar-refractivity contribution is 6.62. The molecule has 0 atom stereocenters. The van der Waals surface area contributed by atoms with Crippen LogP contribution < -0.4 is 10.8 Å². The van der Waals surface area contributed by atoms with E-state index in [9.17, 15) is 4.79 Å². The summed E-state index contributed by atoms with van der Waals surface area (Å²) in [5.41, 5.74) is 2.70. The number of amides is 1. The molecule has 6 heteroatoms. The number of rotatable bonds is 4. The third kappa shape index (κ3) is 5.05. The zero-order valence-electron chi connectivity index (χ0n) is 19.0. The van der Waals surface area contributed by atoms with Crippen molar-refractivity contribution in [2.24, 2.45) is 0 Å². The van der Waals surface area contributed by atoms with Crippen molar-refractivity contribution < 1.29 is 18.8 Å². The second-order valence-corrected chi connectivity index (χ2v) is 9.73. The molecule has 160 valence electrons. The fourth-order valence-corrected chi connectivity index (χ4v) is 3.24. The van der Waals surface area contributed by atoms with E-state index in [-0.39, 0.29) is 0 Å². The lowest BCUT2D eigenvalue weighted by Crippen LogP contribution is -2.41. The molecule has 0 aliphatic carbocycles. The number of nitrogens with one attached hydrogen (secondary N) is 1. The summed E-state index contributed by atoms with van der Waals surface area (Å²) in [6.45, 7) is 14.1. The first-order valence-corrected chi connectivity index (χ1v) is 10.4. The number of carbonyl (C=O) groups is 1. The summed E-state index contributed by atoms with van der Waals surface area (Å²) >= 11 is 0. The van der Waals surface area contributed by atoms with Crippen molar-refractivity contribution in [1.29, 1.82) is 0 Å². The summed E-state index contributed by atoms with van der Waals surface area (Å²) in [6, 6.07) is 16.2. The molecule has 1 aliphatic rings. The van der Waals surface area contributed by atoms with Gasteiger partial charge in [-0.2, -0.15) is 0 Å². The van der Waals surface area contributed by atoms with Crippen LogP contribution in [0.25, 0.3) is 11.1 Å². The maximum atomic E-state index is 12.1. The summed E-state index contributed by atoms with van der Waals surface area (Å²) < 4.78 is 17.8. The second kappa shape index (κ2) is 8.08. The van der Waals surface area contributed by atoms with E-state index in [1.54, 1.807) is 0 Å². The minimum Gasteiger partial charge on any atom is -0.444 e. The van der Waals surface area contributed by atoms with Gasteiger partial charge in [-0.25, -0.2) is 4.79 Å². The van der Waals surface area contributed by atoms with Crippen molar-refractivity contribution in [3.05, 3.63) is 54.1 Å². The monoisotopic (exact) mass is 409 g/mol. The summed E-state index contributed by atoms with van der Waals surface area (Å²) in [7, 11) is -0.440. The lowest BCUT2D eigenvalue weighted by atomic mass is 9.77. The SMILES string of the molecule is CC(C)(C)OC(=O)NCc1ccc(B2OC(C)(C)C(C)(C)O2)cc1-c1ccccc1. The van der Waals surface area contributed by atoms with Gasteiger partial charge >= 0.3 is 13.2 Å². The Labute approximate surface area is 180 Å². The van der Waals surface area contributed by atoms with E-state index < -0.39 is 30.0 Å². The normalized spacial score (nSPS) is 17.6. The van der Waals surface area contributed by atoms with Gasteiger partial charge in [0.05, 0.1) is 11.2 Å². The molecule has 3 rings (SSSR count). The first-order valence-electron chi connectivity index (χ1n) is 10.4. The van der Waals surface area contributed by atoms with E-state index in [4.69, 9.17) is 14.0 Å². The molecule has 0 radical (unpaired) electrons. The third-order valence-electron chi connectivity index (χ3n) is 5.57. The average molecular weight is 409 g/mol. The minimum atomic E-state index is -0.535. The van der Waals surface area contributed by atoms with Crippen LogP contribution in [0.4, 0.5) is 4.79 Å². The van der Waals surface area contributed by atoms with Crippen LogP contribution >= 0.6 is 0 Å². The molecule has 0 saturated carbocycles. The van der Waals surface area contributed by atoms with Crippen LogP contribution in [0.1, 0.15) is 54.0 Å². The Balaban J connectivity index is 1.88. The van der Waals surface area contributed by atoms with Gasteiger partial charge in [0.1, 0.15) is 5.60 Å². The van der Waals surface area contributed by atoms with Crippen LogP contribution in [-0.2, 0) is 20.6 Å². The zero-order chi connectivity index (χ0) is 22.2. The lowest BCUT2D eigenvalue weighted by molar-refractivity contribution is 0.00578. The molecule has 0 aromatic heterocycles. The van der Waals surface area contributed by atoms with E-state index in [1.807, 2.05) is 78.8 Å². The van der Waals surface area contributed by atoms with Crippen molar-refractivity contribution >= 4 is 18.7 Å². The molecule has 0 spiro atoms. The minimum absolute atomic E-state index is 0.364. The largest absolute Gasteiger partial charge is 0.494 e. The van der Waals surface area contributed by atoms with E-state index in [2.05, 4.69) is 23.5 Å². The van der Waals surface area contributed by atoms with Crippen molar-refractivity contribution in [2.45, 2.75) is 71.8 Å². The van der Waals surface area contributed by atoms with E-state index >= 15 is 0 Å². The molecule has 1 N–H and O–H groups in total. The smallest absolute Gasteiger partial charge is 0.444 e. The topological polar surface area (TPSA) is 56.8 Å². The molecule has 30 heavy (non-hydrogen) atoms. The van der Waals surface area contributed by atoms with E-state index in [0.717, 1.165) is 22.2 Å². The van der Waals surface area contributed by atoms with Crippen molar-refractivity contribution in [3.8, 4) is 11.1 Å². The molecule has 1 saturated heterocycles. The van der Waals surface area contributed by atoms with Gasteiger partial charge in [0.25, 0.3) is 0 Å². The van der Waals surface area contributed by atoms with Crippen LogP contribution in [0.15, 0.2) is 48.5 Å². The highest BCUT2D eigenvalue weighted by Gasteiger charge is 2.51. The highest BCUT2D eigenvalue weighted by Crippen LogP contribution is 2.37. The van der Waals surface area contributed by atoms with Gasteiger partial charge in [0, 0.05) is 6.54 Å². The Morgan fingerprint density at radius 2 is 1.60 bits per heavy atom. The van der Waals surface area contributed by atoms with Gasteiger partial charge in [-0.15, -0.1) is 0 Å². The number of alkyl carbamates (subject to hydrolysis) is 1. The van der Waals surface area contributed by atoms with Crippen LogP contribution in [0.5, 0.6) is 0 Å². The van der Waals surface area contributed by atoms with Crippen LogP contribution in [0.3, 0.4) is 0 Å². The number of ether oxygens (including phenoxy) is 1. The van der Waals surface area contributed by atoms with Gasteiger partial charge in [0.15, 0.2) is 0 Å². The Hall–Kier alpha value is -2.31. The first-order chi connectivity index (χ1) is 13.9. The van der Waals surface area contributed by atoms with Crippen LogP contribution in [0.2, 0.25) is 0 Å². The van der Waals surface area contributed by atoms with E-state index in [0.29, 0.717) is 6.54 Å². The fourth-order valence-electron chi connectivity index (χ4n) is 3.24. The summed E-state index contributed by atoms with van der Waals surface area (Å²) in [5, 5.41) is 2.86. The molecule has 1 fully saturated rings. The Kier molecular flexibility index (Phi) is 6.03. The number of hydrogen-bond acceptors (Lipinski definition) is 4. The number of benzene rings is 2. The predicted octanol–water partition coefficient (Wildman–Crippen LogP) is 4.68. The van der Waals surface area contributed by atoms with Gasteiger partial charge in [-0.1, -0.05) is 48.5 Å². The van der Waals surface area contributed by atoms with Crippen LogP contribution in [0, 0.1) is 0 Å². The molecule has 2 aromatic rings. The molecule has 5 nitrogen and oxygen atoms in total. The Morgan fingerprint density at radius 1 is 1.00 bits per heavy atom. The average Bonchev–Trinajstić information content (AvgIpc) is 2.86. The van der Waals surface area contributed by atoms with Crippen molar-refractivity contribution in [1.82, 2.24) is 5.32 Å². The zero-order valence-corrected chi connectivity index (χ0v) is 19.0. The molecule has 1 heterocycles. The van der Waals surface area contributed by atoms with Gasteiger partial charge in [-0.3, -0.25) is 0 Å². The lowest BCUT2D eigenvalue weighted by Gasteiger charge is -2.32. The third-order valence-corrected chi connectivity index (χ3v) is 5.57. The van der Waals surface area contributed by atoms with Crippen molar-refractivity contribution in [2.75, 3.05) is 0 Å². The first kappa shape index (κ1) is 22.4. The van der Waals surface area contributed by atoms with Crippen LogP contribution in [-0.4, -0.2) is 30.0 Å². The summed E-state index contributed by atoms with van der Waals surface area (Å²) in [4.78, 5) is 12.1. The Bertz CT molecular complexity index is 887. The molecular formula is C24H32BNO4. The standard InChI is InChI=1S/C24H32BNO4/c1-22(2,3)28-21(27)26-16-18-13-14-19(15-20(18)17-11-9-8-10-12-17)25-29-23(4,5)24(6,7)30-25/h8-15H,16H2,1-7H3,(H,26,27). The molecule has 0 bridgehead atoms. The quantitative estimate of drug-likeness (QED) is 0.746. The number of carbonyl (C=O) groups excluding carboxylic acids is 1.